The summed E-state index contributed by atoms with van der Waals surface area (Å²) in [7, 11) is 0. The minimum atomic E-state index is -0.343. The van der Waals surface area contributed by atoms with Crippen molar-refractivity contribution >= 4 is 11.8 Å². The first kappa shape index (κ1) is 12.2. The van der Waals surface area contributed by atoms with E-state index in [0.29, 0.717) is 11.3 Å². The van der Waals surface area contributed by atoms with Crippen LogP contribution in [0.1, 0.15) is 32.6 Å². The van der Waals surface area contributed by atoms with Crippen LogP contribution in [0, 0.1) is 11.3 Å². The Morgan fingerprint density at radius 1 is 1.38 bits per heavy atom. The number of hydrogen-bond donors (Lipinski definition) is 1. The monoisotopic (exact) mass is 240 g/mol. The summed E-state index contributed by atoms with van der Waals surface area (Å²) < 4.78 is 5.34. The summed E-state index contributed by atoms with van der Waals surface area (Å²) >= 11 is 1.93. The summed E-state index contributed by atoms with van der Waals surface area (Å²) in [6.45, 7) is 3.80. The van der Waals surface area contributed by atoms with Gasteiger partial charge >= 0.3 is 0 Å². The van der Waals surface area contributed by atoms with E-state index >= 15 is 0 Å². The predicted octanol–water partition coefficient (Wildman–Crippen LogP) is 1.93. The highest BCUT2D eigenvalue weighted by atomic mass is 32.2. The number of nitriles is 1. The van der Waals surface area contributed by atoms with Crippen molar-refractivity contribution in [1.29, 1.82) is 5.26 Å². The average molecular weight is 240 g/mol. The maximum atomic E-state index is 9.24. The minimum absolute atomic E-state index is 0.343. The maximum Gasteiger partial charge on any atom is 0.113 e. The van der Waals surface area contributed by atoms with Gasteiger partial charge in [0.1, 0.15) is 5.54 Å². The van der Waals surface area contributed by atoms with Gasteiger partial charge in [0.2, 0.25) is 0 Å². The van der Waals surface area contributed by atoms with Gasteiger partial charge in [0.25, 0.3) is 0 Å². The molecule has 0 aromatic rings. The molecule has 16 heavy (non-hydrogen) atoms. The van der Waals surface area contributed by atoms with Crippen LogP contribution in [0.15, 0.2) is 0 Å². The molecule has 1 unspecified atom stereocenters. The molecule has 1 N–H and O–H groups in total. The second-order valence-electron chi connectivity index (χ2n) is 4.99. The van der Waals surface area contributed by atoms with Crippen LogP contribution in [-0.2, 0) is 4.74 Å². The van der Waals surface area contributed by atoms with E-state index in [1.807, 2.05) is 18.7 Å². The van der Waals surface area contributed by atoms with Crippen LogP contribution in [0.4, 0.5) is 0 Å². The highest BCUT2D eigenvalue weighted by Crippen LogP contribution is 2.28. The topological polar surface area (TPSA) is 45.0 Å². The summed E-state index contributed by atoms with van der Waals surface area (Å²) in [6.07, 6.45) is 4.74. The molecule has 4 heteroatoms. The Morgan fingerprint density at radius 3 is 2.62 bits per heavy atom. The Bertz CT molecular complexity index is 269. The number of rotatable bonds is 5. The fraction of sp³-hybridized carbons (Fsp3) is 0.917. The quantitative estimate of drug-likeness (QED) is 0.797. The highest BCUT2D eigenvalue weighted by molar-refractivity contribution is 8.00. The Kier molecular flexibility index (Phi) is 4.12. The van der Waals surface area contributed by atoms with Crippen molar-refractivity contribution in [3.63, 3.8) is 0 Å². The van der Waals surface area contributed by atoms with E-state index in [2.05, 4.69) is 11.4 Å². The number of thioether (sulfide) groups is 1. The molecule has 0 aromatic carbocycles. The van der Waals surface area contributed by atoms with Gasteiger partial charge in [-0.3, -0.25) is 5.32 Å². The second kappa shape index (κ2) is 5.39. The largest absolute Gasteiger partial charge is 0.381 e. The summed E-state index contributed by atoms with van der Waals surface area (Å²) in [5.41, 5.74) is -0.343. The molecular weight excluding hydrogens is 220 g/mol. The van der Waals surface area contributed by atoms with Crippen LogP contribution in [0.5, 0.6) is 0 Å². The molecule has 0 amide bonds. The molecule has 2 fully saturated rings. The fourth-order valence-corrected chi connectivity index (χ4v) is 3.15. The summed E-state index contributed by atoms with van der Waals surface area (Å²) in [5.74, 6) is 0.894. The molecule has 2 aliphatic rings. The third kappa shape index (κ3) is 3.65. The minimum Gasteiger partial charge on any atom is -0.381 e. The van der Waals surface area contributed by atoms with Gasteiger partial charge in [-0.15, -0.1) is 0 Å². The van der Waals surface area contributed by atoms with E-state index in [9.17, 15) is 5.26 Å². The predicted molar refractivity (Wildman–Crippen MR) is 66.5 cm³/mol. The molecule has 1 aliphatic heterocycles. The summed E-state index contributed by atoms with van der Waals surface area (Å²) in [5, 5.41) is 13.4. The zero-order valence-electron chi connectivity index (χ0n) is 9.87. The molecule has 2 rings (SSSR count). The van der Waals surface area contributed by atoms with Crippen molar-refractivity contribution in [3.05, 3.63) is 0 Å². The van der Waals surface area contributed by atoms with E-state index in [-0.39, 0.29) is 5.54 Å². The third-order valence-electron chi connectivity index (χ3n) is 3.12. The number of hydrogen-bond acceptors (Lipinski definition) is 4. The van der Waals surface area contributed by atoms with Crippen molar-refractivity contribution in [3.8, 4) is 6.07 Å². The normalized spacial score (nSPS) is 26.0. The first-order valence-electron chi connectivity index (χ1n) is 6.10. The Balaban J connectivity index is 1.74. The number of nitrogens with zero attached hydrogens (tertiary/aromatic N) is 1. The van der Waals surface area contributed by atoms with Crippen LogP contribution >= 0.6 is 11.8 Å². The van der Waals surface area contributed by atoms with E-state index in [4.69, 9.17) is 4.74 Å². The standard InChI is InChI=1S/C12H20N2OS/c1-12(8-13,14-10-2-3-10)9-16-11-4-6-15-7-5-11/h10-11,14H,2-7,9H2,1H3. The molecular formula is C12H20N2OS. The molecule has 90 valence electrons. The smallest absolute Gasteiger partial charge is 0.113 e. The van der Waals surface area contributed by atoms with Gasteiger partial charge in [-0.05, 0) is 32.6 Å². The zero-order valence-corrected chi connectivity index (χ0v) is 10.7. The van der Waals surface area contributed by atoms with E-state index in [1.165, 1.54) is 12.8 Å². The van der Waals surface area contributed by atoms with Gasteiger partial charge in [0.05, 0.1) is 6.07 Å². The Labute approximate surface area is 102 Å². The zero-order chi connectivity index (χ0) is 11.4. The molecule has 3 nitrogen and oxygen atoms in total. The molecule has 0 radical (unpaired) electrons. The van der Waals surface area contributed by atoms with Crippen molar-refractivity contribution < 1.29 is 4.74 Å². The van der Waals surface area contributed by atoms with Crippen molar-refractivity contribution in [2.75, 3.05) is 19.0 Å². The Morgan fingerprint density at radius 2 is 2.06 bits per heavy atom. The van der Waals surface area contributed by atoms with E-state index in [0.717, 1.165) is 31.8 Å². The molecule has 1 atom stereocenters. The highest BCUT2D eigenvalue weighted by Gasteiger charge is 2.33. The van der Waals surface area contributed by atoms with Crippen molar-refractivity contribution in [2.45, 2.75) is 49.4 Å². The Hall–Kier alpha value is -0.240. The molecule has 1 aliphatic carbocycles. The fourth-order valence-electron chi connectivity index (χ4n) is 1.91. The van der Waals surface area contributed by atoms with Crippen LogP contribution in [0.25, 0.3) is 0 Å². The van der Waals surface area contributed by atoms with Gasteiger partial charge < -0.3 is 4.74 Å². The lowest BCUT2D eigenvalue weighted by Gasteiger charge is -2.27. The summed E-state index contributed by atoms with van der Waals surface area (Å²) in [4.78, 5) is 0. The van der Waals surface area contributed by atoms with Gasteiger partial charge in [-0.25, -0.2) is 0 Å². The molecule has 1 heterocycles. The van der Waals surface area contributed by atoms with E-state index in [1.54, 1.807) is 0 Å². The molecule has 0 bridgehead atoms. The average Bonchev–Trinajstić information content (AvgIpc) is 3.12. The van der Waals surface area contributed by atoms with Crippen molar-refractivity contribution in [2.24, 2.45) is 0 Å². The maximum absolute atomic E-state index is 9.24. The molecule has 0 spiro atoms. The van der Waals surface area contributed by atoms with Gasteiger partial charge in [-0.1, -0.05) is 0 Å². The molecule has 1 saturated carbocycles. The van der Waals surface area contributed by atoms with Crippen LogP contribution in [0.3, 0.4) is 0 Å². The third-order valence-corrected chi connectivity index (χ3v) is 4.81. The summed E-state index contributed by atoms with van der Waals surface area (Å²) in [6, 6.07) is 3.02. The van der Waals surface area contributed by atoms with Crippen LogP contribution in [0.2, 0.25) is 0 Å². The number of nitrogens with one attached hydrogen (secondary N) is 1. The van der Waals surface area contributed by atoms with Gasteiger partial charge in [0, 0.05) is 30.3 Å². The molecule has 1 saturated heterocycles. The van der Waals surface area contributed by atoms with Crippen LogP contribution in [-0.4, -0.2) is 35.8 Å². The van der Waals surface area contributed by atoms with Crippen molar-refractivity contribution in [1.82, 2.24) is 5.32 Å². The van der Waals surface area contributed by atoms with Gasteiger partial charge in [-0.2, -0.15) is 17.0 Å². The van der Waals surface area contributed by atoms with E-state index < -0.39 is 0 Å². The van der Waals surface area contributed by atoms with Crippen LogP contribution < -0.4 is 5.32 Å². The number of ether oxygens (including phenoxy) is 1. The first-order valence-corrected chi connectivity index (χ1v) is 7.15. The first-order chi connectivity index (χ1) is 7.72. The lowest BCUT2D eigenvalue weighted by molar-refractivity contribution is 0.1000. The lowest BCUT2D eigenvalue weighted by Crippen LogP contribution is -2.45. The van der Waals surface area contributed by atoms with Gasteiger partial charge in [0.15, 0.2) is 0 Å². The SMILES string of the molecule is CC(C#N)(CSC1CCOCC1)NC1CC1. The molecule has 0 aromatic heterocycles. The lowest BCUT2D eigenvalue weighted by atomic mass is 10.1. The second-order valence-corrected chi connectivity index (χ2v) is 6.27.